The number of fused-ring (bicyclic) bond motifs is 3. The molecule has 1 fully saturated rings. The summed E-state index contributed by atoms with van der Waals surface area (Å²) in [6.45, 7) is 0. The summed E-state index contributed by atoms with van der Waals surface area (Å²) in [4.78, 5) is 57.3. The molecule has 1 aliphatic heterocycles. The predicted molar refractivity (Wildman–Crippen MR) is 75.7 cm³/mol. The van der Waals surface area contributed by atoms with E-state index in [1.807, 2.05) is 0 Å². The molecule has 3 rings (SSSR count). The third-order valence-corrected chi connectivity index (χ3v) is 4.31. The van der Waals surface area contributed by atoms with Crippen LogP contribution >= 0.6 is 0 Å². The Kier molecular flexibility index (Phi) is 3.96. The van der Waals surface area contributed by atoms with Crippen molar-refractivity contribution in [1.29, 1.82) is 0 Å². The molecule has 1 heterocycles. The molecular formula is C16H14O8. The maximum Gasteiger partial charge on any atom is 0.386 e. The average molecular weight is 334 g/mol. The van der Waals surface area contributed by atoms with E-state index in [0.717, 1.165) is 0 Å². The minimum atomic E-state index is -2.04. The van der Waals surface area contributed by atoms with Crippen molar-refractivity contribution < 1.29 is 38.8 Å². The molecule has 1 N–H and O–H groups in total. The van der Waals surface area contributed by atoms with Gasteiger partial charge < -0.3 is 9.84 Å². The zero-order valence-corrected chi connectivity index (χ0v) is 12.5. The lowest BCUT2D eigenvalue weighted by Crippen LogP contribution is -2.54. The fraction of sp³-hybridized carbons (Fsp3) is 0.375. The van der Waals surface area contributed by atoms with Gasteiger partial charge in [0.1, 0.15) is 5.92 Å². The number of esters is 1. The van der Waals surface area contributed by atoms with Gasteiger partial charge >= 0.3 is 23.9 Å². The van der Waals surface area contributed by atoms with E-state index in [0.29, 0.717) is 12.8 Å². The average Bonchev–Trinajstić information content (AvgIpc) is 2.59. The first kappa shape index (κ1) is 16.0. The molecule has 2 aliphatic rings. The van der Waals surface area contributed by atoms with E-state index in [4.69, 9.17) is 4.74 Å². The molecule has 1 saturated carbocycles. The molecule has 24 heavy (non-hydrogen) atoms. The number of ether oxygens (including phenoxy) is 1. The summed E-state index contributed by atoms with van der Waals surface area (Å²) in [6, 6.07) is 5.35. The number of carbonyl (C=O) groups is 4. The highest BCUT2D eigenvalue weighted by Crippen LogP contribution is 2.39. The van der Waals surface area contributed by atoms with Gasteiger partial charge in [-0.1, -0.05) is 12.5 Å². The van der Waals surface area contributed by atoms with Crippen molar-refractivity contribution in [2.75, 3.05) is 0 Å². The quantitative estimate of drug-likeness (QED) is 0.606. The first-order chi connectivity index (χ1) is 11.4. The summed E-state index contributed by atoms with van der Waals surface area (Å²) >= 11 is 0. The highest BCUT2D eigenvalue weighted by Gasteiger charge is 2.56. The second kappa shape index (κ2) is 5.95. The first-order valence-corrected chi connectivity index (χ1v) is 7.43. The monoisotopic (exact) mass is 334 g/mol. The normalized spacial score (nSPS) is 27.0. The van der Waals surface area contributed by atoms with E-state index in [-0.39, 0.29) is 24.0 Å². The summed E-state index contributed by atoms with van der Waals surface area (Å²) in [7, 11) is 0. The van der Waals surface area contributed by atoms with E-state index in [9.17, 15) is 24.3 Å². The van der Waals surface area contributed by atoms with Gasteiger partial charge in [-0.2, -0.15) is 0 Å². The standard InChI is InChI=1S/C16H14O8/c17-12-9-4-3-5-10(8-9)13(18)23-24-14(19)11-6-1-2-7-16(11,22-12)15(20)21/h3-5,8,11H,1-2,6-7H2,(H,20,21). The SMILES string of the molecule is O=C1OOC(=O)C2CCCCC2(C(=O)O)OC(=O)c2cccc1c2. The number of carbonyl (C=O) groups excluding carboxylic acids is 3. The molecule has 1 aliphatic carbocycles. The topological polar surface area (TPSA) is 116 Å². The highest BCUT2D eigenvalue weighted by molar-refractivity contribution is 5.98. The largest absolute Gasteiger partial charge is 0.478 e. The molecule has 1 aromatic rings. The van der Waals surface area contributed by atoms with Crippen molar-refractivity contribution in [3.63, 3.8) is 0 Å². The lowest BCUT2D eigenvalue weighted by atomic mass is 9.75. The zero-order valence-electron chi connectivity index (χ0n) is 12.5. The molecule has 0 saturated heterocycles. The summed E-state index contributed by atoms with van der Waals surface area (Å²) in [5, 5.41) is 9.64. The second-order valence-electron chi connectivity index (χ2n) is 5.74. The number of aliphatic carboxylic acids is 1. The lowest BCUT2D eigenvalue weighted by Gasteiger charge is -2.37. The van der Waals surface area contributed by atoms with Crippen LogP contribution in [-0.4, -0.2) is 34.6 Å². The van der Waals surface area contributed by atoms with Crippen LogP contribution in [0.1, 0.15) is 46.4 Å². The van der Waals surface area contributed by atoms with Gasteiger partial charge in [0.05, 0.1) is 11.1 Å². The maximum absolute atomic E-state index is 12.4. The molecule has 1 aromatic carbocycles. The number of hydrogen-bond acceptors (Lipinski definition) is 7. The third kappa shape index (κ3) is 2.60. The molecule has 0 amide bonds. The van der Waals surface area contributed by atoms with Crippen LogP contribution in [0.5, 0.6) is 0 Å². The number of carboxylic acid groups (broad SMARTS) is 1. The second-order valence-corrected chi connectivity index (χ2v) is 5.74. The van der Waals surface area contributed by atoms with E-state index < -0.39 is 35.4 Å². The van der Waals surface area contributed by atoms with Crippen LogP contribution in [0.4, 0.5) is 0 Å². The summed E-state index contributed by atoms with van der Waals surface area (Å²) in [6.07, 6.45) is 1.16. The lowest BCUT2D eigenvalue weighted by molar-refractivity contribution is -0.246. The predicted octanol–water partition coefficient (Wildman–Crippen LogP) is 1.49. The number of rotatable bonds is 1. The summed E-state index contributed by atoms with van der Waals surface area (Å²) in [5.41, 5.74) is -2.07. The van der Waals surface area contributed by atoms with Crippen molar-refractivity contribution in [2.24, 2.45) is 5.92 Å². The Balaban J connectivity index is 2.09. The van der Waals surface area contributed by atoms with Crippen LogP contribution in [0.3, 0.4) is 0 Å². The Hall–Kier alpha value is -2.90. The molecule has 0 spiro atoms. The minimum Gasteiger partial charge on any atom is -0.478 e. The van der Waals surface area contributed by atoms with Gasteiger partial charge in [-0.3, -0.25) is 0 Å². The molecule has 0 aromatic heterocycles. The Labute approximate surface area is 136 Å². The fourth-order valence-corrected chi connectivity index (χ4v) is 3.06. The van der Waals surface area contributed by atoms with E-state index in [1.165, 1.54) is 24.3 Å². The van der Waals surface area contributed by atoms with Crippen molar-refractivity contribution in [3.8, 4) is 0 Å². The highest BCUT2D eigenvalue weighted by atomic mass is 17.2. The fourth-order valence-electron chi connectivity index (χ4n) is 3.06. The molecule has 2 unspecified atom stereocenters. The Bertz CT molecular complexity index is 725. The van der Waals surface area contributed by atoms with Crippen molar-refractivity contribution >= 4 is 23.9 Å². The van der Waals surface area contributed by atoms with Crippen molar-refractivity contribution in [1.82, 2.24) is 0 Å². The molecule has 8 nitrogen and oxygen atoms in total. The van der Waals surface area contributed by atoms with Gasteiger partial charge in [-0.25, -0.2) is 29.0 Å². The summed E-state index contributed by atoms with van der Waals surface area (Å²) < 4.78 is 5.27. The molecule has 2 atom stereocenters. The third-order valence-electron chi connectivity index (χ3n) is 4.31. The van der Waals surface area contributed by atoms with Crippen molar-refractivity contribution in [3.05, 3.63) is 35.4 Å². The summed E-state index contributed by atoms with van der Waals surface area (Å²) in [5.74, 6) is -5.62. The molecule has 126 valence electrons. The van der Waals surface area contributed by atoms with Gasteiger partial charge in [-0.15, -0.1) is 0 Å². The van der Waals surface area contributed by atoms with E-state index in [1.54, 1.807) is 0 Å². The first-order valence-electron chi connectivity index (χ1n) is 7.43. The maximum atomic E-state index is 12.4. The number of hydrogen-bond donors (Lipinski definition) is 1. The molecule has 8 heteroatoms. The van der Waals surface area contributed by atoms with Gasteiger partial charge in [0, 0.05) is 0 Å². The van der Waals surface area contributed by atoms with Crippen LogP contribution in [0, 0.1) is 5.92 Å². The Morgan fingerprint density at radius 3 is 2.50 bits per heavy atom. The molecule has 2 bridgehead atoms. The Morgan fingerprint density at radius 2 is 1.79 bits per heavy atom. The van der Waals surface area contributed by atoms with Crippen LogP contribution in [0.2, 0.25) is 0 Å². The number of carboxylic acids is 1. The van der Waals surface area contributed by atoms with E-state index >= 15 is 0 Å². The van der Waals surface area contributed by atoms with Crippen LogP contribution < -0.4 is 0 Å². The van der Waals surface area contributed by atoms with Crippen LogP contribution in [-0.2, 0) is 24.1 Å². The van der Waals surface area contributed by atoms with Gasteiger partial charge in [0.2, 0.25) is 5.60 Å². The van der Waals surface area contributed by atoms with Crippen molar-refractivity contribution in [2.45, 2.75) is 31.3 Å². The van der Waals surface area contributed by atoms with E-state index in [2.05, 4.69) is 9.78 Å². The van der Waals surface area contributed by atoms with Crippen LogP contribution in [0.25, 0.3) is 0 Å². The van der Waals surface area contributed by atoms with Gasteiger partial charge in [0.15, 0.2) is 0 Å². The Morgan fingerprint density at radius 1 is 1.08 bits per heavy atom. The van der Waals surface area contributed by atoms with Crippen LogP contribution in [0.15, 0.2) is 24.3 Å². The van der Waals surface area contributed by atoms with Gasteiger partial charge in [0.25, 0.3) is 0 Å². The van der Waals surface area contributed by atoms with Gasteiger partial charge in [-0.05, 0) is 37.5 Å². The number of benzene rings is 1. The molecule has 0 radical (unpaired) electrons. The minimum absolute atomic E-state index is 0.0104. The zero-order chi connectivity index (χ0) is 17.3. The smallest absolute Gasteiger partial charge is 0.386 e. The molecular weight excluding hydrogens is 320 g/mol.